The van der Waals surface area contributed by atoms with Crippen molar-refractivity contribution in [2.45, 2.75) is 57.0 Å². The number of hydrogen-bond acceptors (Lipinski definition) is 7. The van der Waals surface area contributed by atoms with E-state index in [9.17, 15) is 9.59 Å². The lowest BCUT2D eigenvalue weighted by molar-refractivity contribution is -0.133. The van der Waals surface area contributed by atoms with E-state index in [2.05, 4.69) is 35.5 Å². The SMILES string of the molecule is Cn1ncc2c(N3CCN(C(=O)CN4CCC(NC(=O)NC5CCCCC5)CC4)CC3)ncnc21. The molecule has 0 bridgehead atoms. The number of aryl methyl sites for hydroxylation is 1. The average Bonchev–Trinajstić information content (AvgIpc) is 3.27. The number of nitrogens with zero attached hydrogens (tertiary/aromatic N) is 7. The van der Waals surface area contributed by atoms with Gasteiger partial charge in [-0.05, 0) is 25.7 Å². The fourth-order valence-electron chi connectivity index (χ4n) is 5.56. The van der Waals surface area contributed by atoms with Gasteiger partial charge >= 0.3 is 6.03 Å². The lowest BCUT2D eigenvalue weighted by atomic mass is 9.96. The van der Waals surface area contributed by atoms with Gasteiger partial charge in [0.25, 0.3) is 0 Å². The molecule has 4 heterocycles. The minimum Gasteiger partial charge on any atom is -0.352 e. The van der Waals surface area contributed by atoms with E-state index in [1.807, 2.05) is 11.9 Å². The van der Waals surface area contributed by atoms with Gasteiger partial charge in [-0.25, -0.2) is 14.8 Å². The third kappa shape index (κ3) is 5.66. The Kier molecular flexibility index (Phi) is 7.31. The highest BCUT2D eigenvalue weighted by Gasteiger charge is 2.27. The smallest absolute Gasteiger partial charge is 0.315 e. The number of likely N-dealkylation sites (tertiary alicyclic amines) is 1. The summed E-state index contributed by atoms with van der Waals surface area (Å²) in [5.74, 6) is 1.07. The van der Waals surface area contributed by atoms with Crippen molar-refractivity contribution in [1.29, 1.82) is 0 Å². The fraction of sp³-hybridized carbons (Fsp3) is 0.708. The lowest BCUT2D eigenvalue weighted by Crippen LogP contribution is -2.53. The molecule has 1 saturated carbocycles. The zero-order valence-corrected chi connectivity index (χ0v) is 20.7. The summed E-state index contributed by atoms with van der Waals surface area (Å²) in [7, 11) is 1.88. The van der Waals surface area contributed by atoms with Crippen LogP contribution < -0.4 is 15.5 Å². The molecule has 190 valence electrons. The van der Waals surface area contributed by atoms with Crippen molar-refractivity contribution in [1.82, 2.24) is 40.2 Å². The van der Waals surface area contributed by atoms with Crippen LogP contribution in [-0.2, 0) is 11.8 Å². The lowest BCUT2D eigenvalue weighted by Gasteiger charge is -2.37. The van der Waals surface area contributed by atoms with Crippen molar-refractivity contribution in [2.24, 2.45) is 7.05 Å². The number of piperidine rings is 1. The molecule has 2 aromatic heterocycles. The van der Waals surface area contributed by atoms with Gasteiger partial charge in [0.05, 0.1) is 18.1 Å². The third-order valence-electron chi connectivity index (χ3n) is 7.66. The van der Waals surface area contributed by atoms with Crippen LogP contribution in [0.1, 0.15) is 44.9 Å². The molecule has 0 aromatic carbocycles. The standard InChI is InChI=1S/C24H37N9O2/c1-30-22-20(15-27-30)23(26-17-25-22)33-13-11-32(12-14-33)21(34)16-31-9-7-19(8-10-31)29-24(35)28-18-5-3-2-4-6-18/h15,17-19H,2-14,16H2,1H3,(H2,28,29,35). The van der Waals surface area contributed by atoms with E-state index in [1.165, 1.54) is 19.3 Å². The second kappa shape index (κ2) is 10.8. The number of piperazine rings is 1. The molecule has 2 N–H and O–H groups in total. The summed E-state index contributed by atoms with van der Waals surface area (Å²) in [5, 5.41) is 11.5. The van der Waals surface area contributed by atoms with Crippen LogP contribution in [0.15, 0.2) is 12.5 Å². The number of carbonyl (C=O) groups is 2. The predicted molar refractivity (Wildman–Crippen MR) is 133 cm³/mol. The van der Waals surface area contributed by atoms with Crippen LogP contribution >= 0.6 is 0 Å². The first-order valence-electron chi connectivity index (χ1n) is 13.0. The highest BCUT2D eigenvalue weighted by Crippen LogP contribution is 2.23. The summed E-state index contributed by atoms with van der Waals surface area (Å²) in [5.41, 5.74) is 0.817. The number of carbonyl (C=O) groups excluding carboxylic acids is 2. The highest BCUT2D eigenvalue weighted by atomic mass is 16.2. The normalized spacial score (nSPS) is 20.8. The number of aromatic nitrogens is 4. The number of amides is 3. The molecule has 1 aliphatic carbocycles. The summed E-state index contributed by atoms with van der Waals surface area (Å²) >= 11 is 0. The Morgan fingerprint density at radius 3 is 2.31 bits per heavy atom. The first kappa shape index (κ1) is 23.8. The topological polar surface area (TPSA) is 112 Å². The number of rotatable bonds is 5. The van der Waals surface area contributed by atoms with Gasteiger partial charge in [-0.15, -0.1) is 0 Å². The van der Waals surface area contributed by atoms with Crippen LogP contribution in [0, 0.1) is 0 Å². The van der Waals surface area contributed by atoms with E-state index in [-0.39, 0.29) is 18.0 Å². The number of fused-ring (bicyclic) bond motifs is 1. The van der Waals surface area contributed by atoms with Gasteiger partial charge in [-0.3, -0.25) is 14.4 Å². The first-order valence-corrected chi connectivity index (χ1v) is 13.0. The van der Waals surface area contributed by atoms with Crippen molar-refractivity contribution in [2.75, 3.05) is 50.7 Å². The van der Waals surface area contributed by atoms with Crippen molar-refractivity contribution in [3.63, 3.8) is 0 Å². The van der Waals surface area contributed by atoms with Crippen molar-refractivity contribution in [3.05, 3.63) is 12.5 Å². The Balaban J connectivity index is 1.04. The largest absolute Gasteiger partial charge is 0.352 e. The number of nitrogens with one attached hydrogen (secondary N) is 2. The monoisotopic (exact) mass is 483 g/mol. The van der Waals surface area contributed by atoms with Gasteiger partial charge < -0.3 is 20.4 Å². The van der Waals surface area contributed by atoms with Gasteiger partial charge in [0.2, 0.25) is 5.91 Å². The first-order chi connectivity index (χ1) is 17.1. The molecule has 0 unspecified atom stereocenters. The Labute approximate surface area is 206 Å². The van der Waals surface area contributed by atoms with Crippen molar-refractivity contribution >= 4 is 28.8 Å². The summed E-state index contributed by atoms with van der Waals surface area (Å²) in [6, 6.07) is 0.480. The predicted octanol–water partition coefficient (Wildman–Crippen LogP) is 1.11. The number of urea groups is 1. The number of anilines is 1. The number of hydrogen-bond donors (Lipinski definition) is 2. The second-order valence-electron chi connectivity index (χ2n) is 10.1. The quantitative estimate of drug-likeness (QED) is 0.655. The minimum absolute atomic E-state index is 0.0310. The van der Waals surface area contributed by atoms with E-state index in [0.29, 0.717) is 25.7 Å². The molecular weight excluding hydrogens is 446 g/mol. The Hall–Kier alpha value is -2.95. The summed E-state index contributed by atoms with van der Waals surface area (Å²) in [6.07, 6.45) is 11.0. The van der Waals surface area contributed by atoms with Crippen LogP contribution in [0.3, 0.4) is 0 Å². The fourth-order valence-corrected chi connectivity index (χ4v) is 5.56. The van der Waals surface area contributed by atoms with Crippen LogP contribution in [0.4, 0.5) is 10.6 Å². The van der Waals surface area contributed by atoms with Gasteiger partial charge in [0, 0.05) is 58.4 Å². The summed E-state index contributed by atoms with van der Waals surface area (Å²) < 4.78 is 1.75. The Bertz CT molecular complexity index is 1020. The molecule has 2 aliphatic heterocycles. The Morgan fingerprint density at radius 1 is 0.914 bits per heavy atom. The second-order valence-corrected chi connectivity index (χ2v) is 10.1. The molecule has 11 nitrogen and oxygen atoms in total. The molecule has 0 atom stereocenters. The molecule has 3 aliphatic rings. The molecule has 0 radical (unpaired) electrons. The summed E-state index contributed by atoms with van der Waals surface area (Å²) in [6.45, 7) is 4.97. The molecule has 0 spiro atoms. The molecule has 3 fully saturated rings. The van der Waals surface area contributed by atoms with E-state index in [4.69, 9.17) is 0 Å². The summed E-state index contributed by atoms with van der Waals surface area (Å²) in [4.78, 5) is 40.5. The molecule has 3 amide bonds. The maximum atomic E-state index is 13.0. The van der Waals surface area contributed by atoms with Crippen molar-refractivity contribution < 1.29 is 9.59 Å². The zero-order valence-electron chi connectivity index (χ0n) is 20.7. The van der Waals surface area contributed by atoms with E-state index < -0.39 is 0 Å². The maximum absolute atomic E-state index is 13.0. The van der Waals surface area contributed by atoms with E-state index in [1.54, 1.807) is 17.2 Å². The van der Waals surface area contributed by atoms with Crippen molar-refractivity contribution in [3.8, 4) is 0 Å². The molecule has 11 heteroatoms. The van der Waals surface area contributed by atoms with Gasteiger partial charge in [0.1, 0.15) is 12.1 Å². The molecule has 2 aromatic rings. The average molecular weight is 484 g/mol. The molecule has 5 rings (SSSR count). The van der Waals surface area contributed by atoms with E-state index >= 15 is 0 Å². The van der Waals surface area contributed by atoms with Crippen LogP contribution in [0.2, 0.25) is 0 Å². The van der Waals surface area contributed by atoms with Gasteiger partial charge in [-0.2, -0.15) is 5.10 Å². The van der Waals surface area contributed by atoms with Crippen LogP contribution in [0.5, 0.6) is 0 Å². The third-order valence-corrected chi connectivity index (χ3v) is 7.66. The maximum Gasteiger partial charge on any atom is 0.315 e. The van der Waals surface area contributed by atoms with Crippen LogP contribution in [0.25, 0.3) is 11.0 Å². The van der Waals surface area contributed by atoms with Gasteiger partial charge in [0.15, 0.2) is 5.65 Å². The zero-order chi connectivity index (χ0) is 24.2. The Morgan fingerprint density at radius 2 is 1.60 bits per heavy atom. The molecule has 35 heavy (non-hydrogen) atoms. The van der Waals surface area contributed by atoms with Crippen LogP contribution in [-0.4, -0.2) is 99.4 Å². The highest BCUT2D eigenvalue weighted by molar-refractivity contribution is 5.87. The van der Waals surface area contributed by atoms with E-state index in [0.717, 1.165) is 68.7 Å². The molecule has 2 saturated heterocycles. The minimum atomic E-state index is -0.0310. The van der Waals surface area contributed by atoms with Gasteiger partial charge in [-0.1, -0.05) is 19.3 Å². The molecular formula is C24H37N9O2.